The molecule has 2 aromatic carbocycles. The summed E-state index contributed by atoms with van der Waals surface area (Å²) in [6, 6.07) is 20.2. The molecule has 2 unspecified atom stereocenters. The minimum atomic E-state index is 0. The lowest BCUT2D eigenvalue weighted by Crippen LogP contribution is -2.30. The number of benzene rings is 2. The van der Waals surface area contributed by atoms with E-state index in [4.69, 9.17) is 0 Å². The number of fused-ring (bicyclic) bond motifs is 1. The molecule has 2 atom stereocenters. The first-order valence-electron chi connectivity index (χ1n) is 6.67. The first-order valence-corrected chi connectivity index (χ1v) is 6.67. The topological polar surface area (TPSA) is 12.0 Å². The molecule has 1 aliphatic rings. The third-order valence-electron chi connectivity index (χ3n) is 4.05. The van der Waals surface area contributed by atoms with Gasteiger partial charge in [0.15, 0.2) is 0 Å². The van der Waals surface area contributed by atoms with Crippen molar-refractivity contribution in [2.75, 3.05) is 7.05 Å². The molecule has 100 valence electrons. The zero-order chi connectivity index (χ0) is 12.4. The van der Waals surface area contributed by atoms with Crippen LogP contribution < -0.4 is 5.32 Å². The van der Waals surface area contributed by atoms with Gasteiger partial charge in [-0.15, -0.1) is 12.4 Å². The Morgan fingerprint density at radius 1 is 1.00 bits per heavy atom. The van der Waals surface area contributed by atoms with E-state index in [1.165, 1.54) is 16.7 Å². The van der Waals surface area contributed by atoms with Crippen molar-refractivity contribution < 1.29 is 0 Å². The van der Waals surface area contributed by atoms with Crippen LogP contribution in [0.3, 0.4) is 0 Å². The smallest absolute Gasteiger partial charge is 0.0177 e. The summed E-state index contributed by atoms with van der Waals surface area (Å²) in [6.45, 7) is 0. The highest BCUT2D eigenvalue weighted by molar-refractivity contribution is 5.85. The van der Waals surface area contributed by atoms with Crippen molar-refractivity contribution in [3.8, 4) is 0 Å². The fourth-order valence-corrected chi connectivity index (χ4v) is 3.10. The van der Waals surface area contributed by atoms with E-state index in [9.17, 15) is 0 Å². The summed E-state index contributed by atoms with van der Waals surface area (Å²) < 4.78 is 0. The van der Waals surface area contributed by atoms with Crippen LogP contribution in [0.2, 0.25) is 0 Å². The van der Waals surface area contributed by atoms with Crippen LogP contribution in [0.25, 0.3) is 0 Å². The lowest BCUT2D eigenvalue weighted by atomic mass is 9.91. The molecular formula is C17H20ClN. The molecule has 0 spiro atoms. The zero-order valence-electron chi connectivity index (χ0n) is 11.2. The Hall–Kier alpha value is -1.31. The molecule has 0 aliphatic heterocycles. The summed E-state index contributed by atoms with van der Waals surface area (Å²) in [6.07, 6.45) is 2.29. The number of likely N-dealkylation sites (N-methyl/N-ethyl adjacent to an activating group) is 1. The summed E-state index contributed by atoms with van der Waals surface area (Å²) in [4.78, 5) is 0. The fourth-order valence-electron chi connectivity index (χ4n) is 3.10. The maximum absolute atomic E-state index is 3.48. The van der Waals surface area contributed by atoms with E-state index in [0.717, 1.165) is 12.8 Å². The van der Waals surface area contributed by atoms with Gasteiger partial charge in [-0.2, -0.15) is 0 Å². The van der Waals surface area contributed by atoms with Gasteiger partial charge in [0.05, 0.1) is 0 Å². The molecule has 2 aromatic rings. The van der Waals surface area contributed by atoms with Crippen molar-refractivity contribution in [3.05, 3.63) is 71.3 Å². The van der Waals surface area contributed by atoms with E-state index in [2.05, 4.69) is 67.0 Å². The molecule has 1 nitrogen and oxygen atoms in total. The molecule has 0 bridgehead atoms. The summed E-state index contributed by atoms with van der Waals surface area (Å²) >= 11 is 0. The average Bonchev–Trinajstić information content (AvgIpc) is 2.78. The highest BCUT2D eigenvalue weighted by Crippen LogP contribution is 2.35. The number of nitrogens with one attached hydrogen (secondary N) is 1. The van der Waals surface area contributed by atoms with Gasteiger partial charge in [0.2, 0.25) is 0 Å². The van der Waals surface area contributed by atoms with Crippen LogP contribution in [-0.2, 0) is 12.8 Å². The molecule has 0 fully saturated rings. The highest BCUT2D eigenvalue weighted by Gasteiger charge is 2.30. The Kier molecular flexibility index (Phi) is 4.62. The van der Waals surface area contributed by atoms with Crippen LogP contribution >= 0.6 is 12.4 Å². The highest BCUT2D eigenvalue weighted by atomic mass is 35.5. The van der Waals surface area contributed by atoms with E-state index >= 15 is 0 Å². The van der Waals surface area contributed by atoms with E-state index in [1.54, 1.807) is 0 Å². The molecular weight excluding hydrogens is 254 g/mol. The zero-order valence-corrected chi connectivity index (χ0v) is 12.0. The van der Waals surface area contributed by atoms with Crippen molar-refractivity contribution in [2.45, 2.75) is 24.8 Å². The van der Waals surface area contributed by atoms with E-state index in [-0.39, 0.29) is 12.4 Å². The Balaban J connectivity index is 0.00000133. The quantitative estimate of drug-likeness (QED) is 0.901. The molecule has 2 heteroatoms. The fraction of sp³-hybridized carbons (Fsp3) is 0.294. The van der Waals surface area contributed by atoms with Crippen molar-refractivity contribution in [1.82, 2.24) is 5.32 Å². The molecule has 1 N–H and O–H groups in total. The molecule has 0 saturated carbocycles. The van der Waals surface area contributed by atoms with Gasteiger partial charge in [0, 0.05) is 12.0 Å². The summed E-state index contributed by atoms with van der Waals surface area (Å²) in [5, 5.41) is 3.48. The first kappa shape index (κ1) is 14.1. The number of halogens is 1. The molecule has 0 aromatic heterocycles. The molecule has 0 radical (unpaired) electrons. The van der Waals surface area contributed by atoms with Crippen molar-refractivity contribution in [1.29, 1.82) is 0 Å². The van der Waals surface area contributed by atoms with Gasteiger partial charge in [-0.25, -0.2) is 0 Å². The van der Waals surface area contributed by atoms with E-state index in [1.807, 2.05) is 0 Å². The van der Waals surface area contributed by atoms with Crippen LogP contribution in [0.5, 0.6) is 0 Å². The summed E-state index contributed by atoms with van der Waals surface area (Å²) in [5.74, 6) is 0.605. The van der Waals surface area contributed by atoms with Crippen LogP contribution in [0.4, 0.5) is 0 Å². The minimum absolute atomic E-state index is 0. The third-order valence-corrected chi connectivity index (χ3v) is 4.05. The molecule has 0 saturated heterocycles. The van der Waals surface area contributed by atoms with Crippen LogP contribution in [0, 0.1) is 0 Å². The molecule has 19 heavy (non-hydrogen) atoms. The Bertz CT molecular complexity index is 524. The average molecular weight is 274 g/mol. The largest absolute Gasteiger partial charge is 0.316 e. The predicted octanol–water partition coefficient (Wildman–Crippen LogP) is 3.58. The van der Waals surface area contributed by atoms with Gasteiger partial charge in [0.25, 0.3) is 0 Å². The molecule has 3 rings (SSSR count). The van der Waals surface area contributed by atoms with Crippen molar-refractivity contribution >= 4 is 12.4 Å². The third kappa shape index (κ3) is 2.83. The Morgan fingerprint density at radius 3 is 2.42 bits per heavy atom. The monoisotopic (exact) mass is 273 g/mol. The van der Waals surface area contributed by atoms with Gasteiger partial charge in [-0.05, 0) is 36.6 Å². The second kappa shape index (κ2) is 6.23. The van der Waals surface area contributed by atoms with Crippen LogP contribution in [0.15, 0.2) is 54.6 Å². The molecule has 0 heterocycles. The number of hydrogen-bond donors (Lipinski definition) is 1. The second-order valence-corrected chi connectivity index (χ2v) is 5.09. The molecule has 0 amide bonds. The van der Waals surface area contributed by atoms with Crippen molar-refractivity contribution in [3.63, 3.8) is 0 Å². The Labute approximate surface area is 121 Å². The van der Waals surface area contributed by atoms with Gasteiger partial charge in [0.1, 0.15) is 0 Å². The standard InChI is InChI=1S/C17H19N.ClH/c1-18-17-12-14-9-5-6-10-15(14)16(17)11-13-7-3-2-4-8-13;/h2-10,16-18H,11-12H2,1H3;1H. The van der Waals surface area contributed by atoms with Gasteiger partial charge < -0.3 is 5.32 Å². The van der Waals surface area contributed by atoms with Gasteiger partial charge in [-0.1, -0.05) is 54.6 Å². The number of hydrogen-bond acceptors (Lipinski definition) is 1. The van der Waals surface area contributed by atoms with Crippen LogP contribution in [-0.4, -0.2) is 13.1 Å². The van der Waals surface area contributed by atoms with E-state index < -0.39 is 0 Å². The minimum Gasteiger partial charge on any atom is -0.316 e. The summed E-state index contributed by atoms with van der Waals surface area (Å²) in [5.41, 5.74) is 4.47. The summed E-state index contributed by atoms with van der Waals surface area (Å²) in [7, 11) is 2.08. The SMILES string of the molecule is CNC1Cc2ccccc2C1Cc1ccccc1.Cl. The van der Waals surface area contributed by atoms with Gasteiger partial charge in [-0.3, -0.25) is 0 Å². The molecule has 1 aliphatic carbocycles. The maximum atomic E-state index is 3.48. The van der Waals surface area contributed by atoms with Crippen molar-refractivity contribution in [2.24, 2.45) is 0 Å². The van der Waals surface area contributed by atoms with Crippen LogP contribution in [0.1, 0.15) is 22.6 Å². The first-order chi connectivity index (χ1) is 8.88. The normalized spacial score (nSPS) is 20.7. The Morgan fingerprint density at radius 2 is 1.68 bits per heavy atom. The second-order valence-electron chi connectivity index (χ2n) is 5.09. The van der Waals surface area contributed by atoms with Gasteiger partial charge >= 0.3 is 0 Å². The lowest BCUT2D eigenvalue weighted by molar-refractivity contribution is 0.492. The van der Waals surface area contributed by atoms with E-state index in [0.29, 0.717) is 12.0 Å². The lowest BCUT2D eigenvalue weighted by Gasteiger charge is -2.20. The maximum Gasteiger partial charge on any atom is 0.0177 e. The predicted molar refractivity (Wildman–Crippen MR) is 83.1 cm³/mol. The number of rotatable bonds is 3.